The Morgan fingerprint density at radius 3 is 2.33 bits per heavy atom. The Labute approximate surface area is 129 Å². The summed E-state index contributed by atoms with van der Waals surface area (Å²) in [5, 5.41) is 6.60. The Kier molecular flexibility index (Phi) is 6.48. The number of amides is 2. The third kappa shape index (κ3) is 4.10. The molecule has 1 rings (SSSR count). The summed E-state index contributed by atoms with van der Waals surface area (Å²) in [4.78, 5) is 24.0. The predicted molar refractivity (Wildman–Crippen MR) is 87.9 cm³/mol. The number of thiophene rings is 1. The third-order valence-corrected chi connectivity index (χ3v) is 4.39. The Morgan fingerprint density at radius 2 is 1.86 bits per heavy atom. The standard InChI is InChI=1S/C14H24N4O2S/c1-4-7-17-13(20)11-10(15)9(12(16)19)14(21-11)18-8(5-2)6-3/h8,18H,4-7,15H2,1-3H3,(H2,16,19)(H,17,20). The maximum Gasteiger partial charge on any atom is 0.263 e. The lowest BCUT2D eigenvalue weighted by molar-refractivity contribution is 0.0958. The van der Waals surface area contributed by atoms with E-state index in [2.05, 4.69) is 24.5 Å². The zero-order valence-electron chi connectivity index (χ0n) is 12.8. The number of carbonyl (C=O) groups is 2. The number of hydrogen-bond acceptors (Lipinski definition) is 5. The van der Waals surface area contributed by atoms with E-state index in [1.807, 2.05) is 6.92 Å². The van der Waals surface area contributed by atoms with E-state index in [4.69, 9.17) is 11.5 Å². The number of hydrogen-bond donors (Lipinski definition) is 4. The van der Waals surface area contributed by atoms with Crippen molar-refractivity contribution in [3.05, 3.63) is 10.4 Å². The second-order valence-electron chi connectivity index (χ2n) is 4.83. The van der Waals surface area contributed by atoms with Gasteiger partial charge in [0.05, 0.1) is 11.3 Å². The zero-order chi connectivity index (χ0) is 16.0. The molecular formula is C14H24N4O2S. The quantitative estimate of drug-likeness (QED) is 0.589. The molecule has 0 bridgehead atoms. The van der Waals surface area contributed by atoms with Crippen LogP contribution in [-0.4, -0.2) is 24.4 Å². The molecule has 2 amide bonds. The van der Waals surface area contributed by atoms with Gasteiger partial charge < -0.3 is 22.1 Å². The van der Waals surface area contributed by atoms with Crippen molar-refractivity contribution in [1.29, 1.82) is 0 Å². The number of nitrogens with two attached hydrogens (primary N) is 2. The van der Waals surface area contributed by atoms with Gasteiger partial charge in [-0.2, -0.15) is 0 Å². The van der Waals surface area contributed by atoms with Gasteiger partial charge in [-0.15, -0.1) is 11.3 Å². The summed E-state index contributed by atoms with van der Waals surface area (Å²) >= 11 is 1.18. The lowest BCUT2D eigenvalue weighted by Gasteiger charge is -2.15. The van der Waals surface area contributed by atoms with E-state index in [-0.39, 0.29) is 23.2 Å². The van der Waals surface area contributed by atoms with Gasteiger partial charge in [0, 0.05) is 12.6 Å². The monoisotopic (exact) mass is 312 g/mol. The number of rotatable bonds is 8. The van der Waals surface area contributed by atoms with Gasteiger partial charge in [-0.1, -0.05) is 20.8 Å². The van der Waals surface area contributed by atoms with Crippen molar-refractivity contribution < 1.29 is 9.59 Å². The summed E-state index contributed by atoms with van der Waals surface area (Å²) in [7, 11) is 0. The van der Waals surface area contributed by atoms with Crippen molar-refractivity contribution in [3.8, 4) is 0 Å². The molecule has 0 aliphatic carbocycles. The van der Waals surface area contributed by atoms with E-state index < -0.39 is 5.91 Å². The van der Waals surface area contributed by atoms with Gasteiger partial charge in [-0.3, -0.25) is 9.59 Å². The van der Waals surface area contributed by atoms with Gasteiger partial charge >= 0.3 is 0 Å². The number of carbonyl (C=O) groups excluding carboxylic acids is 2. The molecule has 1 aromatic heterocycles. The first kappa shape index (κ1) is 17.3. The molecule has 6 N–H and O–H groups in total. The number of nitrogen functional groups attached to an aromatic ring is 1. The fourth-order valence-corrected chi connectivity index (χ4v) is 3.08. The van der Waals surface area contributed by atoms with Crippen LogP contribution in [0.25, 0.3) is 0 Å². The van der Waals surface area contributed by atoms with Crippen molar-refractivity contribution in [2.75, 3.05) is 17.6 Å². The fourth-order valence-electron chi connectivity index (χ4n) is 1.96. The summed E-state index contributed by atoms with van der Waals surface area (Å²) in [6, 6.07) is 0.215. The number of anilines is 2. The molecule has 0 atom stereocenters. The van der Waals surface area contributed by atoms with E-state index in [0.29, 0.717) is 16.4 Å². The van der Waals surface area contributed by atoms with Crippen LogP contribution < -0.4 is 22.1 Å². The van der Waals surface area contributed by atoms with E-state index in [0.717, 1.165) is 19.3 Å². The first-order chi connectivity index (χ1) is 9.96. The van der Waals surface area contributed by atoms with E-state index in [1.54, 1.807) is 0 Å². The highest BCUT2D eigenvalue weighted by Gasteiger charge is 2.24. The minimum Gasteiger partial charge on any atom is -0.397 e. The van der Waals surface area contributed by atoms with Crippen LogP contribution in [0.4, 0.5) is 10.7 Å². The van der Waals surface area contributed by atoms with Gasteiger partial charge in [0.1, 0.15) is 9.88 Å². The van der Waals surface area contributed by atoms with E-state index in [1.165, 1.54) is 11.3 Å². The lowest BCUT2D eigenvalue weighted by atomic mass is 10.1. The molecule has 7 heteroatoms. The molecule has 6 nitrogen and oxygen atoms in total. The molecular weight excluding hydrogens is 288 g/mol. The van der Waals surface area contributed by atoms with Crippen LogP contribution in [0.15, 0.2) is 0 Å². The van der Waals surface area contributed by atoms with Gasteiger partial charge in [0.15, 0.2) is 0 Å². The molecule has 0 saturated heterocycles. The molecule has 1 heterocycles. The van der Waals surface area contributed by atoms with Crippen molar-refractivity contribution in [2.45, 2.75) is 46.1 Å². The van der Waals surface area contributed by atoms with Gasteiger partial charge in [-0.05, 0) is 19.3 Å². The van der Waals surface area contributed by atoms with Gasteiger partial charge in [0.25, 0.3) is 11.8 Å². The molecule has 0 radical (unpaired) electrons. The molecule has 0 aromatic carbocycles. The molecule has 0 aliphatic heterocycles. The van der Waals surface area contributed by atoms with Crippen LogP contribution in [0.5, 0.6) is 0 Å². The highest BCUT2D eigenvalue weighted by molar-refractivity contribution is 7.19. The van der Waals surface area contributed by atoms with Crippen molar-refractivity contribution in [3.63, 3.8) is 0 Å². The molecule has 0 fully saturated rings. The zero-order valence-corrected chi connectivity index (χ0v) is 13.6. The molecule has 21 heavy (non-hydrogen) atoms. The first-order valence-electron chi connectivity index (χ1n) is 7.22. The average molecular weight is 312 g/mol. The smallest absolute Gasteiger partial charge is 0.263 e. The topological polar surface area (TPSA) is 110 Å². The second kappa shape index (κ2) is 7.87. The highest BCUT2D eigenvalue weighted by Crippen LogP contribution is 2.36. The van der Waals surface area contributed by atoms with Crippen LogP contribution in [0.1, 0.15) is 60.1 Å². The minimum atomic E-state index is -0.619. The molecule has 1 aromatic rings. The van der Waals surface area contributed by atoms with Gasteiger partial charge in [0.2, 0.25) is 0 Å². The highest BCUT2D eigenvalue weighted by atomic mass is 32.1. The Hall–Kier alpha value is -1.76. The van der Waals surface area contributed by atoms with Crippen molar-refractivity contribution in [2.24, 2.45) is 5.73 Å². The summed E-state index contributed by atoms with van der Waals surface area (Å²) in [5.41, 5.74) is 11.7. The fraction of sp³-hybridized carbons (Fsp3) is 0.571. The Balaban J connectivity index is 3.13. The summed E-state index contributed by atoms with van der Waals surface area (Å²) in [6.45, 7) is 6.64. The summed E-state index contributed by atoms with van der Waals surface area (Å²) in [5.74, 6) is -0.883. The molecule has 118 valence electrons. The molecule has 0 aliphatic rings. The first-order valence-corrected chi connectivity index (χ1v) is 8.04. The van der Waals surface area contributed by atoms with Crippen molar-refractivity contribution in [1.82, 2.24) is 5.32 Å². The van der Waals surface area contributed by atoms with E-state index >= 15 is 0 Å². The third-order valence-electron chi connectivity index (χ3n) is 3.25. The average Bonchev–Trinajstić information content (AvgIpc) is 2.78. The van der Waals surface area contributed by atoms with Crippen LogP contribution in [0, 0.1) is 0 Å². The van der Waals surface area contributed by atoms with Gasteiger partial charge in [-0.25, -0.2) is 0 Å². The lowest BCUT2D eigenvalue weighted by Crippen LogP contribution is -2.24. The van der Waals surface area contributed by atoms with E-state index in [9.17, 15) is 9.59 Å². The predicted octanol–water partition coefficient (Wildman–Crippen LogP) is 2.17. The minimum absolute atomic E-state index is 0.162. The molecule has 0 spiro atoms. The van der Waals surface area contributed by atoms with Crippen LogP contribution in [0.2, 0.25) is 0 Å². The van der Waals surface area contributed by atoms with Crippen molar-refractivity contribution >= 4 is 33.8 Å². The number of nitrogens with one attached hydrogen (secondary N) is 2. The molecule has 0 unspecified atom stereocenters. The normalized spacial score (nSPS) is 10.7. The summed E-state index contributed by atoms with van der Waals surface area (Å²) in [6.07, 6.45) is 2.65. The summed E-state index contributed by atoms with van der Waals surface area (Å²) < 4.78 is 0. The molecule has 0 saturated carbocycles. The van der Waals surface area contributed by atoms with Crippen LogP contribution in [0.3, 0.4) is 0 Å². The second-order valence-corrected chi connectivity index (χ2v) is 5.85. The Bertz CT molecular complexity index is 509. The number of primary amides is 1. The Morgan fingerprint density at radius 1 is 1.24 bits per heavy atom. The maximum atomic E-state index is 12.1. The van der Waals surface area contributed by atoms with Crippen LogP contribution in [-0.2, 0) is 0 Å². The SMILES string of the molecule is CCCNC(=O)c1sc(NC(CC)CC)c(C(N)=O)c1N. The van der Waals surface area contributed by atoms with Crippen LogP contribution >= 0.6 is 11.3 Å². The maximum absolute atomic E-state index is 12.1. The largest absolute Gasteiger partial charge is 0.397 e.